The lowest BCUT2D eigenvalue weighted by molar-refractivity contribution is 0.0697. The lowest BCUT2D eigenvalue weighted by Gasteiger charge is -2.38. The Morgan fingerprint density at radius 1 is 1.06 bits per heavy atom. The molecule has 8 heteroatoms. The van der Waals surface area contributed by atoms with Crippen molar-refractivity contribution in [1.29, 1.82) is 5.26 Å². The summed E-state index contributed by atoms with van der Waals surface area (Å²) in [6, 6.07) is 12.3. The number of ether oxygens (including phenoxy) is 1. The lowest BCUT2D eigenvalue weighted by atomic mass is 9.94. The van der Waals surface area contributed by atoms with Gasteiger partial charge in [-0.25, -0.2) is 4.79 Å². The molecule has 2 aromatic carbocycles. The number of likely N-dealkylation sites (tertiary alicyclic amines) is 1. The number of nitriles is 1. The SMILES string of the molecule is N#Cc1ccc(OC2CCN(CC3CCN(c4cc(Cl)ccc4C(=O)O)CC3)CC2)cc1Cl. The van der Waals surface area contributed by atoms with E-state index in [1.165, 1.54) is 0 Å². The summed E-state index contributed by atoms with van der Waals surface area (Å²) in [6.45, 7) is 4.72. The molecule has 0 radical (unpaired) electrons. The highest BCUT2D eigenvalue weighted by atomic mass is 35.5. The van der Waals surface area contributed by atoms with Gasteiger partial charge in [0.25, 0.3) is 0 Å². The summed E-state index contributed by atoms with van der Waals surface area (Å²) < 4.78 is 6.09. The van der Waals surface area contributed by atoms with Crippen LogP contribution in [0, 0.1) is 17.2 Å². The first-order valence-corrected chi connectivity index (χ1v) is 12.0. The molecule has 2 aliphatic heterocycles. The van der Waals surface area contributed by atoms with Crippen LogP contribution in [0.15, 0.2) is 36.4 Å². The molecule has 0 saturated carbocycles. The van der Waals surface area contributed by atoms with Crippen LogP contribution in [0.1, 0.15) is 41.6 Å². The van der Waals surface area contributed by atoms with E-state index in [9.17, 15) is 9.90 Å². The number of hydrogen-bond donors (Lipinski definition) is 1. The van der Waals surface area contributed by atoms with Gasteiger partial charge in [-0.3, -0.25) is 0 Å². The minimum absolute atomic E-state index is 0.157. The average molecular weight is 488 g/mol. The fourth-order valence-corrected chi connectivity index (χ4v) is 5.11. The summed E-state index contributed by atoms with van der Waals surface area (Å²) in [5, 5.41) is 19.5. The number of benzene rings is 2. The van der Waals surface area contributed by atoms with Gasteiger partial charge in [-0.05, 0) is 61.9 Å². The number of piperidine rings is 2. The first-order chi connectivity index (χ1) is 15.9. The number of hydrogen-bond acceptors (Lipinski definition) is 5. The van der Waals surface area contributed by atoms with Gasteiger partial charge >= 0.3 is 5.97 Å². The molecule has 0 aromatic heterocycles. The van der Waals surface area contributed by atoms with Crippen molar-refractivity contribution in [3.63, 3.8) is 0 Å². The third-order valence-electron chi connectivity index (χ3n) is 6.56. The Morgan fingerprint density at radius 3 is 2.42 bits per heavy atom. The molecule has 0 aliphatic carbocycles. The molecular weight excluding hydrogens is 461 g/mol. The van der Waals surface area contributed by atoms with Crippen molar-refractivity contribution in [3.8, 4) is 11.8 Å². The normalized spacial score (nSPS) is 18.2. The Morgan fingerprint density at radius 2 is 1.79 bits per heavy atom. The van der Waals surface area contributed by atoms with Gasteiger partial charge in [0.2, 0.25) is 0 Å². The maximum atomic E-state index is 11.6. The third-order valence-corrected chi connectivity index (χ3v) is 7.11. The van der Waals surface area contributed by atoms with Gasteiger partial charge in [0.1, 0.15) is 17.9 Å². The maximum Gasteiger partial charge on any atom is 0.337 e. The molecule has 174 valence electrons. The van der Waals surface area contributed by atoms with Crippen LogP contribution >= 0.6 is 23.2 Å². The van der Waals surface area contributed by atoms with Gasteiger partial charge in [-0.2, -0.15) is 5.26 Å². The Labute approximate surface area is 204 Å². The van der Waals surface area contributed by atoms with Gasteiger partial charge in [0.15, 0.2) is 0 Å². The van der Waals surface area contributed by atoms with Gasteiger partial charge in [-0.1, -0.05) is 23.2 Å². The van der Waals surface area contributed by atoms with Crippen LogP contribution in [-0.4, -0.2) is 54.8 Å². The molecule has 6 nitrogen and oxygen atoms in total. The Bertz CT molecular complexity index is 1040. The number of nitrogens with zero attached hydrogens (tertiary/aromatic N) is 3. The van der Waals surface area contributed by atoms with Crippen molar-refractivity contribution in [2.75, 3.05) is 37.6 Å². The average Bonchev–Trinajstić information content (AvgIpc) is 2.81. The van der Waals surface area contributed by atoms with Crippen LogP contribution in [0.3, 0.4) is 0 Å². The minimum Gasteiger partial charge on any atom is -0.490 e. The smallest absolute Gasteiger partial charge is 0.337 e. The molecule has 0 bridgehead atoms. The van der Waals surface area contributed by atoms with E-state index in [-0.39, 0.29) is 6.10 Å². The van der Waals surface area contributed by atoms with E-state index in [2.05, 4.69) is 15.9 Å². The van der Waals surface area contributed by atoms with E-state index in [0.717, 1.165) is 58.4 Å². The number of halogens is 2. The maximum absolute atomic E-state index is 11.6. The minimum atomic E-state index is -0.919. The summed E-state index contributed by atoms with van der Waals surface area (Å²) in [5.74, 6) is 0.396. The topological polar surface area (TPSA) is 76.8 Å². The van der Waals surface area contributed by atoms with E-state index in [4.69, 9.17) is 33.2 Å². The van der Waals surface area contributed by atoms with Gasteiger partial charge < -0.3 is 19.6 Å². The lowest BCUT2D eigenvalue weighted by Crippen LogP contribution is -2.43. The molecule has 1 N–H and O–H groups in total. The van der Waals surface area contributed by atoms with Crippen LogP contribution in [0.2, 0.25) is 10.0 Å². The zero-order chi connectivity index (χ0) is 23.4. The second-order valence-corrected chi connectivity index (χ2v) is 9.61. The van der Waals surface area contributed by atoms with E-state index < -0.39 is 5.97 Å². The predicted molar refractivity (Wildman–Crippen MR) is 130 cm³/mol. The van der Waals surface area contributed by atoms with Gasteiger partial charge in [0.05, 0.1) is 21.8 Å². The van der Waals surface area contributed by atoms with Crippen LogP contribution in [0.4, 0.5) is 5.69 Å². The zero-order valence-corrected chi connectivity index (χ0v) is 19.9. The highest BCUT2D eigenvalue weighted by molar-refractivity contribution is 6.32. The summed E-state index contributed by atoms with van der Waals surface area (Å²) in [5.41, 5.74) is 1.48. The highest BCUT2D eigenvalue weighted by Gasteiger charge is 2.27. The highest BCUT2D eigenvalue weighted by Crippen LogP contribution is 2.30. The first kappa shape index (κ1) is 23.7. The Balaban J connectivity index is 1.24. The molecule has 4 rings (SSSR count). The van der Waals surface area contributed by atoms with Crippen molar-refractivity contribution in [3.05, 3.63) is 57.6 Å². The standard InChI is InChI=1S/C25H27Cl2N3O3/c26-19-2-4-22(25(31)32)24(13-19)30-11-5-17(6-12-30)16-29-9-7-20(8-10-29)33-21-3-1-18(15-28)23(27)14-21/h1-4,13-14,17,20H,5-12,16H2,(H,31,32). The van der Waals surface area contributed by atoms with Crippen LogP contribution < -0.4 is 9.64 Å². The first-order valence-electron chi connectivity index (χ1n) is 11.3. The number of aromatic carboxylic acids is 1. The molecule has 0 amide bonds. The molecule has 0 atom stereocenters. The molecule has 0 spiro atoms. The number of anilines is 1. The largest absolute Gasteiger partial charge is 0.490 e. The monoisotopic (exact) mass is 487 g/mol. The van der Waals surface area contributed by atoms with Crippen LogP contribution in [0.25, 0.3) is 0 Å². The summed E-state index contributed by atoms with van der Waals surface area (Å²) in [4.78, 5) is 16.2. The third kappa shape index (κ3) is 5.92. The molecule has 33 heavy (non-hydrogen) atoms. The zero-order valence-electron chi connectivity index (χ0n) is 18.3. The number of carbonyl (C=O) groups is 1. The summed E-state index contributed by atoms with van der Waals surface area (Å²) in [7, 11) is 0. The summed E-state index contributed by atoms with van der Waals surface area (Å²) in [6.07, 6.45) is 4.14. The molecule has 2 aliphatic rings. The van der Waals surface area contributed by atoms with Crippen LogP contribution in [0.5, 0.6) is 5.75 Å². The summed E-state index contributed by atoms with van der Waals surface area (Å²) >= 11 is 12.2. The number of rotatable bonds is 6. The predicted octanol–water partition coefficient (Wildman–Crippen LogP) is 5.32. The molecule has 2 saturated heterocycles. The molecule has 2 aromatic rings. The van der Waals surface area contributed by atoms with Gasteiger partial charge in [0, 0.05) is 43.8 Å². The van der Waals surface area contributed by atoms with E-state index >= 15 is 0 Å². The van der Waals surface area contributed by atoms with Crippen LogP contribution in [-0.2, 0) is 0 Å². The number of carboxylic acids is 1. The quantitative estimate of drug-likeness (QED) is 0.593. The number of carboxylic acid groups (broad SMARTS) is 1. The second-order valence-electron chi connectivity index (χ2n) is 8.77. The van der Waals surface area contributed by atoms with E-state index in [1.807, 2.05) is 0 Å². The Hall–Kier alpha value is -2.46. The van der Waals surface area contributed by atoms with E-state index in [1.54, 1.807) is 36.4 Å². The Kier molecular flexibility index (Phi) is 7.64. The fourth-order valence-electron chi connectivity index (χ4n) is 4.73. The van der Waals surface area contributed by atoms with Crippen molar-refractivity contribution in [2.45, 2.75) is 31.8 Å². The molecule has 2 heterocycles. The fraction of sp³-hybridized carbons (Fsp3) is 0.440. The molecule has 2 fully saturated rings. The second kappa shape index (κ2) is 10.6. The van der Waals surface area contributed by atoms with Crippen molar-refractivity contribution >= 4 is 34.9 Å². The van der Waals surface area contributed by atoms with Gasteiger partial charge in [-0.15, -0.1) is 0 Å². The molecular formula is C25H27Cl2N3O3. The van der Waals surface area contributed by atoms with Crippen molar-refractivity contribution in [1.82, 2.24) is 4.90 Å². The van der Waals surface area contributed by atoms with Crippen molar-refractivity contribution < 1.29 is 14.6 Å². The van der Waals surface area contributed by atoms with E-state index in [0.29, 0.717) is 38.5 Å². The van der Waals surface area contributed by atoms with Crippen molar-refractivity contribution in [2.24, 2.45) is 5.92 Å². The molecule has 0 unspecified atom stereocenters.